The SMILES string of the molecule is COC(=O)/C=C/c1cccc(N(CCCCCc2noc(C)n2)C(=O)C2CCCCC2)c1. The van der Waals surface area contributed by atoms with Gasteiger partial charge in [0.15, 0.2) is 5.82 Å². The standard InChI is InChI=1S/C25H33N3O4/c1-19-26-23(27-32-19)14-7-4-8-17-28(25(30)21-11-5-3-6-12-21)22-13-9-10-20(18-22)15-16-24(29)31-2/h9-10,13,15-16,18,21H,3-8,11-12,14,17H2,1-2H3/b16-15+. The first-order valence-electron chi connectivity index (χ1n) is 11.5. The molecule has 1 aromatic carbocycles. The van der Waals surface area contributed by atoms with E-state index in [1.54, 1.807) is 13.0 Å². The molecule has 0 unspecified atom stereocenters. The van der Waals surface area contributed by atoms with Gasteiger partial charge in [0.05, 0.1) is 7.11 Å². The average molecular weight is 440 g/mol. The van der Waals surface area contributed by atoms with Crippen LogP contribution in [0.15, 0.2) is 34.9 Å². The van der Waals surface area contributed by atoms with E-state index >= 15 is 0 Å². The molecule has 1 heterocycles. The number of hydrogen-bond donors (Lipinski definition) is 0. The minimum absolute atomic E-state index is 0.0975. The summed E-state index contributed by atoms with van der Waals surface area (Å²) in [5, 5.41) is 3.94. The number of carbonyl (C=O) groups excluding carboxylic acids is 2. The minimum Gasteiger partial charge on any atom is -0.466 e. The first kappa shape index (κ1) is 23.7. The lowest BCUT2D eigenvalue weighted by atomic mass is 9.88. The van der Waals surface area contributed by atoms with Crippen LogP contribution in [0.3, 0.4) is 0 Å². The van der Waals surface area contributed by atoms with Gasteiger partial charge in [-0.3, -0.25) is 4.79 Å². The van der Waals surface area contributed by atoms with Gasteiger partial charge in [-0.2, -0.15) is 4.98 Å². The zero-order valence-electron chi connectivity index (χ0n) is 19.1. The summed E-state index contributed by atoms with van der Waals surface area (Å²) in [6.45, 7) is 2.46. The van der Waals surface area contributed by atoms with Gasteiger partial charge < -0.3 is 14.2 Å². The number of unbranched alkanes of at least 4 members (excludes halogenated alkanes) is 2. The van der Waals surface area contributed by atoms with Gasteiger partial charge in [0.25, 0.3) is 0 Å². The Morgan fingerprint density at radius 2 is 2.00 bits per heavy atom. The molecule has 0 saturated heterocycles. The largest absolute Gasteiger partial charge is 0.466 e. The van der Waals surface area contributed by atoms with Crippen molar-refractivity contribution in [3.8, 4) is 0 Å². The lowest BCUT2D eigenvalue weighted by Crippen LogP contribution is -2.38. The lowest BCUT2D eigenvalue weighted by Gasteiger charge is -2.30. The van der Waals surface area contributed by atoms with Crippen molar-refractivity contribution in [2.75, 3.05) is 18.6 Å². The summed E-state index contributed by atoms with van der Waals surface area (Å²) < 4.78 is 9.69. The highest BCUT2D eigenvalue weighted by molar-refractivity contribution is 5.95. The molecule has 1 aliphatic rings. The molecule has 1 amide bonds. The number of anilines is 1. The number of methoxy groups -OCH3 is 1. The summed E-state index contributed by atoms with van der Waals surface area (Å²) in [4.78, 5) is 31.0. The second-order valence-corrected chi connectivity index (χ2v) is 8.32. The summed E-state index contributed by atoms with van der Waals surface area (Å²) in [7, 11) is 1.35. The molecule has 1 aromatic heterocycles. The zero-order chi connectivity index (χ0) is 22.8. The molecule has 0 N–H and O–H groups in total. The Bertz CT molecular complexity index is 915. The first-order chi connectivity index (χ1) is 15.6. The Morgan fingerprint density at radius 1 is 1.19 bits per heavy atom. The molecule has 7 nitrogen and oxygen atoms in total. The Kier molecular flexibility index (Phi) is 9.01. The predicted octanol–water partition coefficient (Wildman–Crippen LogP) is 4.89. The molecule has 0 radical (unpaired) electrons. The Morgan fingerprint density at radius 3 is 2.72 bits per heavy atom. The molecule has 0 aliphatic heterocycles. The van der Waals surface area contributed by atoms with E-state index < -0.39 is 5.97 Å². The highest BCUT2D eigenvalue weighted by Gasteiger charge is 2.26. The Hall–Kier alpha value is -2.96. The van der Waals surface area contributed by atoms with Crippen molar-refractivity contribution in [2.45, 2.75) is 64.7 Å². The van der Waals surface area contributed by atoms with Crippen molar-refractivity contribution in [3.63, 3.8) is 0 Å². The monoisotopic (exact) mass is 439 g/mol. The normalized spacial score (nSPS) is 14.6. The summed E-state index contributed by atoms with van der Waals surface area (Å²) in [5.74, 6) is 1.24. The number of carbonyl (C=O) groups is 2. The van der Waals surface area contributed by atoms with E-state index in [-0.39, 0.29) is 11.8 Å². The molecular formula is C25H33N3O4. The zero-order valence-corrected chi connectivity index (χ0v) is 19.1. The third-order valence-electron chi connectivity index (χ3n) is 5.87. The van der Waals surface area contributed by atoms with Crippen LogP contribution in [0.4, 0.5) is 5.69 Å². The van der Waals surface area contributed by atoms with Gasteiger partial charge in [-0.15, -0.1) is 0 Å². The van der Waals surface area contributed by atoms with Crippen molar-refractivity contribution < 1.29 is 18.8 Å². The van der Waals surface area contributed by atoms with E-state index in [2.05, 4.69) is 14.9 Å². The average Bonchev–Trinajstić information content (AvgIpc) is 3.25. The molecular weight excluding hydrogens is 406 g/mol. The fourth-order valence-corrected chi connectivity index (χ4v) is 4.14. The molecule has 1 fully saturated rings. The van der Waals surface area contributed by atoms with Gasteiger partial charge in [0, 0.05) is 37.6 Å². The molecule has 0 bridgehead atoms. The number of amides is 1. The highest BCUT2D eigenvalue weighted by Crippen LogP contribution is 2.28. The quantitative estimate of drug-likeness (QED) is 0.298. The fraction of sp³-hybridized carbons (Fsp3) is 0.520. The molecule has 32 heavy (non-hydrogen) atoms. The molecule has 0 atom stereocenters. The van der Waals surface area contributed by atoms with Crippen LogP contribution >= 0.6 is 0 Å². The van der Waals surface area contributed by atoms with Crippen LogP contribution in [-0.2, 0) is 20.7 Å². The molecule has 172 valence electrons. The number of nitrogens with zero attached hydrogens (tertiary/aromatic N) is 3. The van der Waals surface area contributed by atoms with E-state index in [1.807, 2.05) is 29.2 Å². The summed E-state index contributed by atoms with van der Waals surface area (Å²) >= 11 is 0. The van der Waals surface area contributed by atoms with Crippen molar-refractivity contribution in [1.29, 1.82) is 0 Å². The topological polar surface area (TPSA) is 85.5 Å². The summed E-state index contributed by atoms with van der Waals surface area (Å²) in [6, 6.07) is 7.77. The predicted molar refractivity (Wildman–Crippen MR) is 123 cm³/mol. The molecule has 1 saturated carbocycles. The number of rotatable bonds is 10. The van der Waals surface area contributed by atoms with Gasteiger partial charge in [0.1, 0.15) is 0 Å². The second-order valence-electron chi connectivity index (χ2n) is 8.32. The van der Waals surface area contributed by atoms with Crippen LogP contribution in [0.2, 0.25) is 0 Å². The van der Waals surface area contributed by atoms with Crippen LogP contribution in [0, 0.1) is 12.8 Å². The van der Waals surface area contributed by atoms with Crippen molar-refractivity contribution in [1.82, 2.24) is 10.1 Å². The fourth-order valence-electron chi connectivity index (χ4n) is 4.14. The molecule has 7 heteroatoms. The van der Waals surface area contributed by atoms with Crippen molar-refractivity contribution in [3.05, 3.63) is 47.6 Å². The second kappa shape index (κ2) is 12.2. The third-order valence-corrected chi connectivity index (χ3v) is 5.87. The maximum absolute atomic E-state index is 13.4. The smallest absolute Gasteiger partial charge is 0.330 e. The number of benzene rings is 1. The molecule has 1 aliphatic carbocycles. The first-order valence-corrected chi connectivity index (χ1v) is 11.5. The van der Waals surface area contributed by atoms with E-state index in [0.717, 1.165) is 68.4 Å². The molecule has 2 aromatic rings. The van der Waals surface area contributed by atoms with Crippen LogP contribution in [0.5, 0.6) is 0 Å². The maximum Gasteiger partial charge on any atom is 0.330 e. The number of ether oxygens (including phenoxy) is 1. The van der Waals surface area contributed by atoms with E-state index in [9.17, 15) is 9.59 Å². The van der Waals surface area contributed by atoms with E-state index in [0.29, 0.717) is 12.4 Å². The van der Waals surface area contributed by atoms with Gasteiger partial charge in [-0.1, -0.05) is 43.0 Å². The van der Waals surface area contributed by atoms with Gasteiger partial charge >= 0.3 is 5.97 Å². The summed E-state index contributed by atoms with van der Waals surface area (Å²) in [6.07, 6.45) is 12.1. The Balaban J connectivity index is 1.65. The Labute approximate surface area is 189 Å². The van der Waals surface area contributed by atoms with Crippen molar-refractivity contribution >= 4 is 23.6 Å². The highest BCUT2D eigenvalue weighted by atomic mass is 16.5. The van der Waals surface area contributed by atoms with Gasteiger partial charge in [-0.05, 0) is 49.5 Å². The van der Waals surface area contributed by atoms with Crippen LogP contribution < -0.4 is 4.90 Å². The number of aromatic nitrogens is 2. The number of aryl methyl sites for hydroxylation is 2. The van der Waals surface area contributed by atoms with Crippen LogP contribution in [0.1, 0.15) is 68.6 Å². The summed E-state index contributed by atoms with van der Waals surface area (Å²) in [5.41, 5.74) is 1.74. The van der Waals surface area contributed by atoms with Gasteiger partial charge in [-0.25, -0.2) is 4.79 Å². The van der Waals surface area contributed by atoms with Gasteiger partial charge in [0.2, 0.25) is 11.8 Å². The molecule has 3 rings (SSSR count). The van der Waals surface area contributed by atoms with Crippen LogP contribution in [0.25, 0.3) is 6.08 Å². The van der Waals surface area contributed by atoms with Crippen molar-refractivity contribution in [2.24, 2.45) is 5.92 Å². The van der Waals surface area contributed by atoms with Crippen LogP contribution in [-0.4, -0.2) is 35.7 Å². The maximum atomic E-state index is 13.4. The lowest BCUT2D eigenvalue weighted by molar-refractivity contribution is -0.134. The minimum atomic E-state index is -0.401. The van der Waals surface area contributed by atoms with E-state index in [4.69, 9.17) is 4.52 Å². The number of esters is 1. The van der Waals surface area contributed by atoms with E-state index in [1.165, 1.54) is 19.6 Å². The molecule has 0 spiro atoms. The third kappa shape index (κ3) is 7.04. The number of hydrogen-bond acceptors (Lipinski definition) is 6.